The van der Waals surface area contributed by atoms with Crippen LogP contribution in [0.5, 0.6) is 0 Å². The Kier molecular flexibility index (Phi) is 4.75. The fourth-order valence-electron chi connectivity index (χ4n) is 2.78. The molecule has 1 aliphatic rings. The molecule has 0 aromatic heterocycles. The van der Waals surface area contributed by atoms with Gasteiger partial charge in [0.2, 0.25) is 5.91 Å². The number of sulfone groups is 1. The van der Waals surface area contributed by atoms with Gasteiger partial charge in [-0.15, -0.1) is 0 Å². The van der Waals surface area contributed by atoms with Crippen molar-refractivity contribution in [1.82, 2.24) is 0 Å². The van der Waals surface area contributed by atoms with E-state index in [2.05, 4.69) is 0 Å². The van der Waals surface area contributed by atoms with Crippen molar-refractivity contribution in [3.8, 4) is 0 Å². The fraction of sp³-hybridized carbons (Fsp3) is 0.471. The van der Waals surface area contributed by atoms with Gasteiger partial charge >= 0.3 is 0 Å². The van der Waals surface area contributed by atoms with Gasteiger partial charge in [-0.3, -0.25) is 4.79 Å². The van der Waals surface area contributed by atoms with Crippen LogP contribution < -0.4 is 4.90 Å². The maximum absolute atomic E-state index is 12.7. The minimum Gasteiger partial charge on any atom is -0.304 e. The Morgan fingerprint density at radius 3 is 2.27 bits per heavy atom. The number of benzene rings is 1. The number of aryl methyl sites for hydroxylation is 2. The molecule has 120 valence electrons. The summed E-state index contributed by atoms with van der Waals surface area (Å²) >= 11 is 0. The van der Waals surface area contributed by atoms with Crippen molar-refractivity contribution in [3.05, 3.63) is 40.8 Å². The lowest BCUT2D eigenvalue weighted by molar-refractivity contribution is -0.119. The molecule has 22 heavy (non-hydrogen) atoms. The van der Waals surface area contributed by atoms with E-state index in [0.717, 1.165) is 16.8 Å². The second-order valence-electron chi connectivity index (χ2n) is 6.43. The van der Waals surface area contributed by atoms with E-state index in [0.29, 0.717) is 6.42 Å². The van der Waals surface area contributed by atoms with Crippen molar-refractivity contribution in [2.24, 2.45) is 5.92 Å². The smallest absolute Gasteiger partial charge is 0.227 e. The minimum atomic E-state index is -3.21. The maximum Gasteiger partial charge on any atom is 0.227 e. The topological polar surface area (TPSA) is 54.5 Å². The molecular formula is C17H23NO3S. The first-order valence-corrected chi connectivity index (χ1v) is 9.21. The number of nitrogens with zero attached hydrogens (tertiary/aromatic N) is 1. The number of rotatable bonds is 4. The van der Waals surface area contributed by atoms with Gasteiger partial charge in [0.1, 0.15) is 0 Å². The van der Waals surface area contributed by atoms with E-state index < -0.39 is 15.9 Å². The van der Waals surface area contributed by atoms with Crippen molar-refractivity contribution in [1.29, 1.82) is 0 Å². The molecule has 0 saturated heterocycles. The van der Waals surface area contributed by atoms with E-state index in [-0.39, 0.29) is 17.6 Å². The zero-order valence-corrected chi connectivity index (χ0v) is 14.4. The van der Waals surface area contributed by atoms with Crippen LogP contribution in [0.25, 0.3) is 0 Å². The summed E-state index contributed by atoms with van der Waals surface area (Å²) in [6.45, 7) is 7.92. The lowest BCUT2D eigenvalue weighted by Gasteiger charge is -2.29. The Hall–Kier alpha value is -1.62. The van der Waals surface area contributed by atoms with Gasteiger partial charge in [0.25, 0.3) is 0 Å². The number of carbonyl (C=O) groups excluding carboxylic acids is 1. The molecular weight excluding hydrogens is 298 g/mol. The van der Waals surface area contributed by atoms with E-state index in [9.17, 15) is 13.2 Å². The number of anilines is 1. The lowest BCUT2D eigenvalue weighted by atomic mass is 10.1. The van der Waals surface area contributed by atoms with Gasteiger partial charge in [-0.05, 0) is 49.1 Å². The highest BCUT2D eigenvalue weighted by Gasteiger charge is 2.31. The van der Waals surface area contributed by atoms with Crippen LogP contribution in [-0.4, -0.2) is 26.1 Å². The lowest BCUT2D eigenvalue weighted by Crippen LogP contribution is -2.41. The Morgan fingerprint density at radius 2 is 1.82 bits per heavy atom. The summed E-state index contributed by atoms with van der Waals surface area (Å²) in [6.07, 6.45) is 2.02. The number of amides is 1. The molecule has 0 bridgehead atoms. The molecule has 0 aliphatic carbocycles. The first kappa shape index (κ1) is 16.7. The van der Waals surface area contributed by atoms with Gasteiger partial charge in [-0.1, -0.05) is 19.9 Å². The minimum absolute atomic E-state index is 0.0354. The fourth-order valence-corrected chi connectivity index (χ4v) is 4.05. The Balaban J connectivity index is 2.41. The van der Waals surface area contributed by atoms with Crippen molar-refractivity contribution < 1.29 is 13.2 Å². The van der Waals surface area contributed by atoms with Crippen LogP contribution in [0.4, 0.5) is 5.69 Å². The van der Waals surface area contributed by atoms with Crippen LogP contribution in [0.1, 0.15) is 31.4 Å². The average Bonchev–Trinajstić information content (AvgIpc) is 2.67. The second-order valence-corrected chi connectivity index (χ2v) is 8.36. The second kappa shape index (κ2) is 6.24. The Morgan fingerprint density at radius 1 is 1.23 bits per heavy atom. The van der Waals surface area contributed by atoms with Crippen molar-refractivity contribution in [3.63, 3.8) is 0 Å². The third-order valence-electron chi connectivity index (χ3n) is 3.58. The van der Waals surface area contributed by atoms with Crippen molar-refractivity contribution >= 4 is 21.4 Å². The van der Waals surface area contributed by atoms with Gasteiger partial charge in [-0.25, -0.2) is 8.42 Å². The molecule has 0 spiro atoms. The van der Waals surface area contributed by atoms with E-state index in [1.165, 1.54) is 5.41 Å². The van der Waals surface area contributed by atoms with Gasteiger partial charge in [0.15, 0.2) is 9.84 Å². The monoisotopic (exact) mass is 321 g/mol. The van der Waals surface area contributed by atoms with Crippen LogP contribution in [0.2, 0.25) is 0 Å². The normalized spacial score (nSPS) is 19.6. The van der Waals surface area contributed by atoms with Gasteiger partial charge in [-0.2, -0.15) is 0 Å². The summed E-state index contributed by atoms with van der Waals surface area (Å²) in [5.74, 6) is 0.152. The molecule has 1 heterocycles. The highest BCUT2D eigenvalue weighted by molar-refractivity contribution is 7.94. The summed E-state index contributed by atoms with van der Waals surface area (Å²) in [6, 6.07) is 5.49. The zero-order chi connectivity index (χ0) is 16.5. The van der Waals surface area contributed by atoms with Crippen LogP contribution in [0, 0.1) is 19.8 Å². The summed E-state index contributed by atoms with van der Waals surface area (Å²) < 4.78 is 23.5. The first-order chi connectivity index (χ1) is 10.2. The average molecular weight is 321 g/mol. The number of carbonyl (C=O) groups is 1. The summed E-state index contributed by atoms with van der Waals surface area (Å²) in [5, 5.41) is 1.22. The molecule has 2 rings (SSSR count). The molecule has 0 N–H and O–H groups in total. The molecule has 0 unspecified atom stereocenters. The van der Waals surface area contributed by atoms with E-state index >= 15 is 0 Å². The van der Waals surface area contributed by atoms with Crippen molar-refractivity contribution in [2.45, 2.75) is 40.2 Å². The molecule has 1 aliphatic heterocycles. The van der Waals surface area contributed by atoms with E-state index in [1.807, 2.05) is 45.9 Å². The molecule has 4 nitrogen and oxygen atoms in total. The molecule has 0 saturated carbocycles. The van der Waals surface area contributed by atoms with Crippen LogP contribution >= 0.6 is 0 Å². The maximum atomic E-state index is 12.7. The molecule has 0 radical (unpaired) electrons. The molecule has 1 atom stereocenters. The standard InChI is InChI=1S/C17H23NO3S/c1-12(2)7-17(19)18(15-5-6-22(20,21)11-15)16-9-13(3)8-14(4)10-16/h5-6,8-10,12,15H,7,11H2,1-4H3/t15-/m1/s1. The Bertz CT molecular complexity index is 684. The number of hydrogen-bond acceptors (Lipinski definition) is 3. The van der Waals surface area contributed by atoms with E-state index in [1.54, 1.807) is 11.0 Å². The summed E-state index contributed by atoms with van der Waals surface area (Å²) in [7, 11) is -3.21. The molecule has 0 fully saturated rings. The highest BCUT2D eigenvalue weighted by Crippen LogP contribution is 2.26. The van der Waals surface area contributed by atoms with Gasteiger partial charge in [0, 0.05) is 17.5 Å². The summed E-state index contributed by atoms with van der Waals surface area (Å²) in [5.41, 5.74) is 2.89. The van der Waals surface area contributed by atoms with Crippen molar-refractivity contribution in [2.75, 3.05) is 10.7 Å². The molecule has 1 amide bonds. The zero-order valence-electron chi connectivity index (χ0n) is 13.5. The van der Waals surface area contributed by atoms with Gasteiger partial charge < -0.3 is 4.90 Å². The molecule has 1 aromatic rings. The Labute approximate surface area is 132 Å². The quantitative estimate of drug-likeness (QED) is 0.856. The largest absolute Gasteiger partial charge is 0.304 e. The van der Waals surface area contributed by atoms with Crippen LogP contribution in [-0.2, 0) is 14.6 Å². The van der Waals surface area contributed by atoms with E-state index in [4.69, 9.17) is 0 Å². The molecule has 5 heteroatoms. The predicted molar refractivity (Wildman–Crippen MR) is 89.6 cm³/mol. The van der Waals surface area contributed by atoms with Crippen LogP contribution in [0.3, 0.4) is 0 Å². The third-order valence-corrected chi connectivity index (χ3v) is 4.96. The van der Waals surface area contributed by atoms with Crippen LogP contribution in [0.15, 0.2) is 29.7 Å². The highest BCUT2D eigenvalue weighted by atomic mass is 32.2. The third kappa shape index (κ3) is 3.97. The SMILES string of the molecule is Cc1cc(C)cc(N(C(=O)CC(C)C)[C@@H]2C=CS(=O)(=O)C2)c1. The number of hydrogen-bond donors (Lipinski definition) is 0. The molecule has 1 aromatic carbocycles. The predicted octanol–water partition coefficient (Wildman–Crippen LogP) is 2.99. The summed E-state index contributed by atoms with van der Waals surface area (Å²) in [4.78, 5) is 14.3. The first-order valence-electron chi connectivity index (χ1n) is 7.49. The van der Waals surface area contributed by atoms with Gasteiger partial charge in [0.05, 0.1) is 11.8 Å².